The first-order chi connectivity index (χ1) is 12.5. The predicted molar refractivity (Wildman–Crippen MR) is 104 cm³/mol. The van der Waals surface area contributed by atoms with E-state index in [1.54, 1.807) is 48.5 Å². The van der Waals surface area contributed by atoms with Crippen LogP contribution in [-0.4, -0.2) is 16.4 Å². The molecule has 0 saturated carbocycles. The number of nitrogens with zero attached hydrogens (tertiary/aromatic N) is 3. The van der Waals surface area contributed by atoms with E-state index in [1.807, 2.05) is 13.0 Å². The molecule has 130 valence electrons. The average molecular weight is 366 g/mol. The third-order valence-corrected chi connectivity index (χ3v) is 3.92. The fourth-order valence-corrected chi connectivity index (χ4v) is 2.40. The van der Waals surface area contributed by atoms with E-state index in [9.17, 15) is 10.2 Å². The molecule has 0 radical (unpaired) electrons. The summed E-state index contributed by atoms with van der Waals surface area (Å²) in [5.74, 6) is 0.145. The molecule has 3 aromatic carbocycles. The van der Waals surface area contributed by atoms with Crippen LogP contribution in [0.4, 0.5) is 17.1 Å². The first kappa shape index (κ1) is 17.6. The third-order valence-electron chi connectivity index (χ3n) is 3.67. The van der Waals surface area contributed by atoms with Crippen LogP contribution in [0.25, 0.3) is 0 Å². The number of azo groups is 1. The van der Waals surface area contributed by atoms with Gasteiger partial charge in [-0.05, 0) is 61.0 Å². The van der Waals surface area contributed by atoms with E-state index < -0.39 is 0 Å². The summed E-state index contributed by atoms with van der Waals surface area (Å²) in [6.45, 7) is 1.85. The van der Waals surface area contributed by atoms with Crippen molar-refractivity contribution >= 4 is 34.9 Å². The molecule has 26 heavy (non-hydrogen) atoms. The molecular weight excluding hydrogens is 350 g/mol. The highest BCUT2D eigenvalue weighted by Gasteiger charge is 2.04. The van der Waals surface area contributed by atoms with Crippen LogP contribution in [0.2, 0.25) is 5.02 Å². The zero-order valence-corrected chi connectivity index (χ0v) is 14.7. The summed E-state index contributed by atoms with van der Waals surface area (Å²) in [7, 11) is 0. The average Bonchev–Trinajstić information content (AvgIpc) is 2.63. The molecule has 0 heterocycles. The van der Waals surface area contributed by atoms with E-state index >= 15 is 0 Å². The molecule has 0 spiro atoms. The molecule has 0 bridgehead atoms. The molecule has 6 heteroatoms. The van der Waals surface area contributed by atoms with Gasteiger partial charge < -0.3 is 10.2 Å². The number of halogens is 1. The number of aliphatic imine (C=N–C) groups is 1. The van der Waals surface area contributed by atoms with Gasteiger partial charge in [-0.15, -0.1) is 0 Å². The van der Waals surface area contributed by atoms with Crippen LogP contribution in [-0.2, 0) is 0 Å². The van der Waals surface area contributed by atoms with Crippen molar-refractivity contribution in [3.05, 3.63) is 76.8 Å². The summed E-state index contributed by atoms with van der Waals surface area (Å²) in [6.07, 6.45) is 1.48. The molecule has 0 atom stereocenters. The Bertz CT molecular complexity index is 963. The van der Waals surface area contributed by atoms with Crippen LogP contribution >= 0.6 is 11.6 Å². The topological polar surface area (TPSA) is 77.5 Å². The minimum absolute atomic E-state index is 0.0623. The third kappa shape index (κ3) is 4.26. The van der Waals surface area contributed by atoms with E-state index in [0.717, 1.165) is 5.56 Å². The minimum Gasteiger partial charge on any atom is -0.507 e. The Morgan fingerprint density at radius 3 is 2.27 bits per heavy atom. The zero-order valence-electron chi connectivity index (χ0n) is 14.0. The number of benzene rings is 3. The first-order valence-corrected chi connectivity index (χ1v) is 8.24. The molecular formula is C20H16ClN3O2. The monoisotopic (exact) mass is 365 g/mol. The standard InChI is InChI=1S/C20H16ClN3O2/c1-13-3-2-4-19(26)20(13)22-12-14-11-17(9-10-18(14)25)24-23-16-7-5-15(21)6-8-16/h2-12,25-26H,1H3. The lowest BCUT2D eigenvalue weighted by molar-refractivity contribution is 0.474. The molecule has 3 aromatic rings. The van der Waals surface area contributed by atoms with Crippen LogP contribution in [0.1, 0.15) is 11.1 Å². The number of para-hydroxylation sites is 1. The summed E-state index contributed by atoms with van der Waals surface area (Å²) >= 11 is 5.84. The van der Waals surface area contributed by atoms with Gasteiger partial charge in [-0.2, -0.15) is 10.2 Å². The van der Waals surface area contributed by atoms with Gasteiger partial charge in [-0.3, -0.25) is 4.99 Å². The van der Waals surface area contributed by atoms with E-state index in [2.05, 4.69) is 15.2 Å². The van der Waals surface area contributed by atoms with Gasteiger partial charge in [0.05, 0.1) is 11.4 Å². The van der Waals surface area contributed by atoms with E-state index in [0.29, 0.717) is 27.6 Å². The highest BCUT2D eigenvalue weighted by molar-refractivity contribution is 6.30. The van der Waals surface area contributed by atoms with Gasteiger partial charge in [-0.1, -0.05) is 23.7 Å². The van der Waals surface area contributed by atoms with Gasteiger partial charge >= 0.3 is 0 Å². The lowest BCUT2D eigenvalue weighted by atomic mass is 10.1. The number of rotatable bonds is 4. The molecule has 0 unspecified atom stereocenters. The summed E-state index contributed by atoms with van der Waals surface area (Å²) in [6, 6.07) is 17.0. The number of aromatic hydroxyl groups is 2. The molecule has 0 aliphatic heterocycles. The van der Waals surface area contributed by atoms with Crippen molar-refractivity contribution in [3.8, 4) is 11.5 Å². The lowest BCUT2D eigenvalue weighted by Crippen LogP contribution is -1.83. The van der Waals surface area contributed by atoms with Crippen LogP contribution in [0, 0.1) is 6.92 Å². The number of hydrogen-bond acceptors (Lipinski definition) is 5. The van der Waals surface area contributed by atoms with Gasteiger partial charge in [0.25, 0.3) is 0 Å². The maximum atomic E-state index is 10.0. The zero-order chi connectivity index (χ0) is 18.5. The van der Waals surface area contributed by atoms with Gasteiger partial charge in [0.2, 0.25) is 0 Å². The van der Waals surface area contributed by atoms with Crippen molar-refractivity contribution in [2.45, 2.75) is 6.92 Å². The van der Waals surface area contributed by atoms with Crippen LogP contribution in [0.5, 0.6) is 11.5 Å². The molecule has 0 fully saturated rings. The van der Waals surface area contributed by atoms with E-state index in [-0.39, 0.29) is 11.5 Å². The normalized spacial score (nSPS) is 11.5. The summed E-state index contributed by atoms with van der Waals surface area (Å²) in [4.78, 5) is 4.28. The Balaban J connectivity index is 1.86. The first-order valence-electron chi connectivity index (χ1n) is 7.86. The highest BCUT2D eigenvalue weighted by Crippen LogP contribution is 2.30. The summed E-state index contributed by atoms with van der Waals surface area (Å²) < 4.78 is 0. The van der Waals surface area contributed by atoms with Gasteiger partial charge in [0.15, 0.2) is 0 Å². The van der Waals surface area contributed by atoms with Gasteiger partial charge in [0.1, 0.15) is 17.2 Å². The van der Waals surface area contributed by atoms with Gasteiger partial charge in [0, 0.05) is 16.8 Å². The molecule has 0 aliphatic carbocycles. The second-order valence-electron chi connectivity index (χ2n) is 5.62. The minimum atomic E-state index is 0.0623. The molecule has 0 saturated heterocycles. The summed E-state index contributed by atoms with van der Waals surface area (Å²) in [5.41, 5.74) is 3.00. The Hall–Kier alpha value is -3.18. The molecule has 5 nitrogen and oxygen atoms in total. The molecule has 0 aromatic heterocycles. The fraction of sp³-hybridized carbons (Fsp3) is 0.0500. The van der Waals surface area contributed by atoms with Crippen molar-refractivity contribution in [1.29, 1.82) is 0 Å². The van der Waals surface area contributed by atoms with Gasteiger partial charge in [-0.25, -0.2) is 0 Å². The second-order valence-corrected chi connectivity index (χ2v) is 6.06. The molecule has 2 N–H and O–H groups in total. The Morgan fingerprint density at radius 2 is 1.54 bits per heavy atom. The Kier molecular flexibility index (Phi) is 5.29. The smallest absolute Gasteiger partial charge is 0.141 e. The second kappa shape index (κ2) is 7.80. The van der Waals surface area contributed by atoms with Crippen molar-refractivity contribution in [3.63, 3.8) is 0 Å². The number of phenolic OH excluding ortho intramolecular Hbond substituents is 2. The van der Waals surface area contributed by atoms with Crippen molar-refractivity contribution in [2.75, 3.05) is 0 Å². The van der Waals surface area contributed by atoms with E-state index in [4.69, 9.17) is 11.6 Å². The van der Waals surface area contributed by atoms with Crippen LogP contribution in [0.15, 0.2) is 75.9 Å². The fourth-order valence-electron chi connectivity index (χ4n) is 2.28. The number of phenols is 2. The molecule has 3 rings (SSSR count). The Morgan fingerprint density at radius 1 is 0.846 bits per heavy atom. The SMILES string of the molecule is Cc1cccc(O)c1N=Cc1cc(N=Nc2ccc(Cl)cc2)ccc1O. The van der Waals surface area contributed by atoms with E-state index in [1.165, 1.54) is 12.3 Å². The Labute approximate surface area is 156 Å². The molecule has 0 amide bonds. The maximum absolute atomic E-state index is 10.0. The lowest BCUT2D eigenvalue weighted by Gasteiger charge is -2.03. The van der Waals surface area contributed by atoms with Crippen molar-refractivity contribution in [2.24, 2.45) is 15.2 Å². The van der Waals surface area contributed by atoms with Crippen molar-refractivity contribution < 1.29 is 10.2 Å². The van der Waals surface area contributed by atoms with Crippen molar-refractivity contribution in [1.82, 2.24) is 0 Å². The van der Waals surface area contributed by atoms with Crippen LogP contribution < -0.4 is 0 Å². The number of hydrogen-bond donors (Lipinski definition) is 2. The quantitative estimate of drug-likeness (QED) is 0.425. The maximum Gasteiger partial charge on any atom is 0.141 e. The largest absolute Gasteiger partial charge is 0.507 e. The number of aryl methyl sites for hydroxylation is 1. The van der Waals surface area contributed by atoms with Crippen LogP contribution in [0.3, 0.4) is 0 Å². The molecule has 0 aliphatic rings. The predicted octanol–water partition coefficient (Wildman–Crippen LogP) is 6.23. The summed E-state index contributed by atoms with van der Waals surface area (Å²) in [5, 5.41) is 28.9. The highest BCUT2D eigenvalue weighted by atomic mass is 35.5.